The molecule has 0 spiro atoms. The van der Waals surface area contributed by atoms with E-state index in [9.17, 15) is 4.79 Å². The molecular formula is C15H17N5O2S. The third-order valence-electron chi connectivity index (χ3n) is 2.91. The second-order valence-corrected chi connectivity index (χ2v) is 4.98. The van der Waals surface area contributed by atoms with Crippen molar-refractivity contribution in [3.63, 3.8) is 0 Å². The summed E-state index contributed by atoms with van der Waals surface area (Å²) in [5.74, 6) is -0.159. The van der Waals surface area contributed by atoms with Gasteiger partial charge in [-0.25, -0.2) is 4.98 Å². The predicted molar refractivity (Wildman–Crippen MR) is 89.7 cm³/mol. The molecule has 120 valence electrons. The number of benzene rings is 1. The normalized spacial score (nSPS) is 9.83. The maximum atomic E-state index is 12.1. The Morgan fingerprint density at radius 2 is 2.04 bits per heavy atom. The highest BCUT2D eigenvalue weighted by molar-refractivity contribution is 7.80. The van der Waals surface area contributed by atoms with E-state index < -0.39 is 5.91 Å². The molecule has 0 aliphatic rings. The van der Waals surface area contributed by atoms with Crippen LogP contribution in [0, 0.1) is 0 Å². The van der Waals surface area contributed by atoms with E-state index in [1.54, 1.807) is 7.05 Å². The third kappa shape index (κ3) is 4.89. The van der Waals surface area contributed by atoms with Crippen LogP contribution in [0.3, 0.4) is 0 Å². The van der Waals surface area contributed by atoms with E-state index in [1.807, 2.05) is 30.3 Å². The number of aromatic nitrogens is 2. The summed E-state index contributed by atoms with van der Waals surface area (Å²) in [6.45, 7) is 0.568. The molecule has 0 saturated carbocycles. The topological polar surface area (TPSA) is 79.4 Å². The minimum Gasteiger partial charge on any atom is -0.480 e. The van der Waals surface area contributed by atoms with Crippen LogP contribution in [0.2, 0.25) is 0 Å². The van der Waals surface area contributed by atoms with Gasteiger partial charge in [0.2, 0.25) is 5.88 Å². The zero-order chi connectivity index (χ0) is 16.7. The Kier molecular flexibility index (Phi) is 5.81. The Labute approximate surface area is 139 Å². The molecule has 0 aliphatic carbocycles. The highest BCUT2D eigenvalue weighted by Crippen LogP contribution is 2.04. The fraction of sp³-hybridized carbons (Fsp3) is 0.200. The van der Waals surface area contributed by atoms with Crippen molar-refractivity contribution in [2.45, 2.75) is 6.54 Å². The first-order valence-corrected chi connectivity index (χ1v) is 7.23. The monoisotopic (exact) mass is 331 g/mol. The van der Waals surface area contributed by atoms with Gasteiger partial charge in [0.05, 0.1) is 19.5 Å². The number of carbonyl (C=O) groups is 1. The Hall–Kier alpha value is -2.74. The maximum absolute atomic E-state index is 12.1. The summed E-state index contributed by atoms with van der Waals surface area (Å²) in [4.78, 5) is 20.0. The average Bonchev–Trinajstić information content (AvgIpc) is 2.60. The van der Waals surface area contributed by atoms with Gasteiger partial charge in [0.25, 0.3) is 5.91 Å². The Morgan fingerprint density at radius 3 is 2.74 bits per heavy atom. The van der Waals surface area contributed by atoms with E-state index in [0.717, 1.165) is 5.56 Å². The van der Waals surface area contributed by atoms with Gasteiger partial charge in [-0.1, -0.05) is 30.3 Å². The number of nitrogens with zero attached hydrogens (tertiary/aromatic N) is 3. The van der Waals surface area contributed by atoms with Gasteiger partial charge in [0, 0.05) is 13.6 Å². The highest BCUT2D eigenvalue weighted by Gasteiger charge is 2.13. The predicted octanol–water partition coefficient (Wildman–Crippen LogP) is 1.14. The van der Waals surface area contributed by atoms with Crippen molar-refractivity contribution in [3.05, 3.63) is 54.0 Å². The van der Waals surface area contributed by atoms with E-state index in [-0.39, 0.29) is 11.6 Å². The van der Waals surface area contributed by atoms with Crippen LogP contribution >= 0.6 is 12.2 Å². The van der Waals surface area contributed by atoms with Crippen molar-refractivity contribution in [2.24, 2.45) is 0 Å². The number of methoxy groups -OCH3 is 1. The Balaban J connectivity index is 1.88. The molecule has 0 atom stereocenters. The van der Waals surface area contributed by atoms with Crippen LogP contribution in [-0.4, -0.2) is 40.2 Å². The summed E-state index contributed by atoms with van der Waals surface area (Å²) >= 11 is 5.23. The van der Waals surface area contributed by atoms with Crippen LogP contribution in [0.15, 0.2) is 42.7 Å². The van der Waals surface area contributed by atoms with Crippen molar-refractivity contribution in [1.82, 2.24) is 25.7 Å². The van der Waals surface area contributed by atoms with E-state index in [0.29, 0.717) is 11.7 Å². The molecule has 0 radical (unpaired) electrons. The van der Waals surface area contributed by atoms with Gasteiger partial charge in [-0.2, -0.15) is 0 Å². The average molecular weight is 331 g/mol. The third-order valence-corrected chi connectivity index (χ3v) is 3.33. The lowest BCUT2D eigenvalue weighted by Gasteiger charge is -2.21. The van der Waals surface area contributed by atoms with Crippen molar-refractivity contribution in [1.29, 1.82) is 0 Å². The summed E-state index contributed by atoms with van der Waals surface area (Å²) in [5.41, 5.74) is 3.85. The molecule has 2 aromatic rings. The molecule has 0 fully saturated rings. The van der Waals surface area contributed by atoms with E-state index >= 15 is 0 Å². The molecule has 0 bridgehead atoms. The number of thiocarbonyl (C=S) groups is 1. The molecule has 0 saturated heterocycles. The van der Waals surface area contributed by atoms with Crippen LogP contribution < -0.4 is 15.5 Å². The van der Waals surface area contributed by atoms with E-state index in [4.69, 9.17) is 17.0 Å². The highest BCUT2D eigenvalue weighted by atomic mass is 32.1. The van der Waals surface area contributed by atoms with Crippen LogP contribution in [-0.2, 0) is 6.54 Å². The molecule has 1 aromatic heterocycles. The number of hydrogen-bond acceptors (Lipinski definition) is 5. The number of ether oxygens (including phenoxy) is 1. The van der Waals surface area contributed by atoms with Crippen molar-refractivity contribution in [3.8, 4) is 5.88 Å². The standard InChI is InChI=1S/C15H17N5O2S/c1-20(15(23)17-8-11-6-4-3-5-7-11)19-14(21)12-9-16-10-13(18-12)22-2/h3-7,9-10H,8H2,1-2H3,(H,17,23)(H,19,21). The molecule has 2 rings (SSSR count). The Morgan fingerprint density at radius 1 is 1.30 bits per heavy atom. The SMILES string of the molecule is COc1cncc(C(=O)NN(C)C(=S)NCc2ccccc2)n1. The molecule has 1 aromatic carbocycles. The maximum Gasteiger partial charge on any atom is 0.290 e. The van der Waals surface area contributed by atoms with Crippen LogP contribution in [0.1, 0.15) is 16.1 Å². The fourth-order valence-electron chi connectivity index (χ4n) is 1.71. The quantitative estimate of drug-likeness (QED) is 0.642. The minimum absolute atomic E-state index is 0.141. The van der Waals surface area contributed by atoms with Gasteiger partial charge >= 0.3 is 0 Å². The van der Waals surface area contributed by atoms with Crippen molar-refractivity contribution >= 4 is 23.2 Å². The second-order valence-electron chi connectivity index (χ2n) is 4.59. The smallest absolute Gasteiger partial charge is 0.290 e. The number of hydrazine groups is 1. The van der Waals surface area contributed by atoms with Crippen LogP contribution in [0.5, 0.6) is 5.88 Å². The fourth-order valence-corrected chi connectivity index (χ4v) is 1.83. The van der Waals surface area contributed by atoms with Gasteiger partial charge in [0.15, 0.2) is 10.8 Å². The minimum atomic E-state index is -0.428. The van der Waals surface area contributed by atoms with Gasteiger partial charge in [-0.3, -0.25) is 20.2 Å². The Bertz CT molecular complexity index is 681. The van der Waals surface area contributed by atoms with E-state index in [1.165, 1.54) is 24.5 Å². The van der Waals surface area contributed by atoms with E-state index in [2.05, 4.69) is 20.7 Å². The summed E-state index contributed by atoms with van der Waals surface area (Å²) < 4.78 is 4.94. The first-order valence-electron chi connectivity index (χ1n) is 6.82. The lowest BCUT2D eigenvalue weighted by molar-refractivity contribution is 0.0879. The van der Waals surface area contributed by atoms with Crippen LogP contribution in [0.25, 0.3) is 0 Å². The largest absolute Gasteiger partial charge is 0.480 e. The number of hydrogen-bond donors (Lipinski definition) is 2. The van der Waals surface area contributed by atoms with Gasteiger partial charge in [-0.05, 0) is 17.8 Å². The molecule has 7 nitrogen and oxygen atoms in total. The summed E-state index contributed by atoms with van der Waals surface area (Å²) in [7, 11) is 3.10. The van der Waals surface area contributed by atoms with Crippen molar-refractivity contribution in [2.75, 3.05) is 14.2 Å². The number of nitrogens with one attached hydrogen (secondary N) is 2. The molecule has 23 heavy (non-hydrogen) atoms. The number of amides is 1. The zero-order valence-corrected chi connectivity index (χ0v) is 13.6. The van der Waals surface area contributed by atoms with Crippen LogP contribution in [0.4, 0.5) is 0 Å². The lowest BCUT2D eigenvalue weighted by Crippen LogP contribution is -2.48. The number of rotatable bonds is 4. The van der Waals surface area contributed by atoms with Crippen molar-refractivity contribution < 1.29 is 9.53 Å². The van der Waals surface area contributed by atoms with Gasteiger partial charge in [0.1, 0.15) is 0 Å². The summed E-state index contributed by atoms with van der Waals surface area (Å²) in [5, 5.41) is 4.87. The second kappa shape index (κ2) is 8.04. The lowest BCUT2D eigenvalue weighted by atomic mass is 10.2. The number of carbonyl (C=O) groups excluding carboxylic acids is 1. The molecule has 1 amide bonds. The van der Waals surface area contributed by atoms with Gasteiger partial charge < -0.3 is 10.1 Å². The molecule has 0 unspecified atom stereocenters. The molecule has 0 aliphatic heterocycles. The molecule has 8 heteroatoms. The first-order chi connectivity index (χ1) is 11.1. The summed E-state index contributed by atoms with van der Waals surface area (Å²) in [6, 6.07) is 9.82. The molecule has 2 N–H and O–H groups in total. The first kappa shape index (κ1) is 16.6. The zero-order valence-electron chi connectivity index (χ0n) is 12.8. The molecule has 1 heterocycles. The van der Waals surface area contributed by atoms with Gasteiger partial charge in [-0.15, -0.1) is 0 Å². The molecular weight excluding hydrogens is 314 g/mol. The summed E-state index contributed by atoms with van der Waals surface area (Å²) in [6.07, 6.45) is 2.78.